The van der Waals surface area contributed by atoms with Crippen molar-refractivity contribution in [2.45, 2.75) is 76.2 Å². The molecule has 6 rings (SSSR count). The van der Waals surface area contributed by atoms with Crippen LogP contribution in [0, 0.1) is 0 Å². The molecule has 2 atom stereocenters. The molecule has 4 heterocycles. The number of nitrogens with zero attached hydrogens (tertiary/aromatic N) is 5. The summed E-state index contributed by atoms with van der Waals surface area (Å²) < 4.78 is 0. The number of hydrogen-bond acceptors (Lipinski definition) is 8. The molecule has 0 bridgehead atoms. The van der Waals surface area contributed by atoms with Gasteiger partial charge in [-0.25, -0.2) is 9.97 Å². The summed E-state index contributed by atoms with van der Waals surface area (Å²) in [5.74, 6) is 3.16. The van der Waals surface area contributed by atoms with Crippen molar-refractivity contribution in [3.05, 3.63) is 34.6 Å². The summed E-state index contributed by atoms with van der Waals surface area (Å²) in [4.78, 5) is 29.2. The third kappa shape index (κ3) is 4.04. The van der Waals surface area contributed by atoms with Gasteiger partial charge in [0.15, 0.2) is 10.9 Å². The van der Waals surface area contributed by atoms with Crippen LogP contribution in [0.5, 0.6) is 0 Å². The number of fused-ring (bicyclic) bond motifs is 1. The standard InChI is InChI=1S/C24H30N8OS/c1-14-8-9-16-20(14)21(27-19-13-17(30-31-19)15-5-2-3-6-15)28-23(26-16)32-11-4-7-18(32)22(33)29-24-25-10-12-34-24/h10,12-15,18H,2-9,11H2,1H3,(H,25,29,33)(H2,26,27,28,30,31)/t14-,18-/m0/s1. The van der Waals surface area contributed by atoms with Gasteiger partial charge in [-0.3, -0.25) is 9.89 Å². The summed E-state index contributed by atoms with van der Waals surface area (Å²) in [6.07, 6.45) is 10.4. The lowest BCUT2D eigenvalue weighted by atomic mass is 10.0. The maximum absolute atomic E-state index is 13.0. The van der Waals surface area contributed by atoms with Crippen LogP contribution < -0.4 is 15.5 Å². The number of thiazole rings is 1. The predicted molar refractivity (Wildman–Crippen MR) is 133 cm³/mol. The number of H-pyrrole nitrogens is 1. The smallest absolute Gasteiger partial charge is 0.248 e. The molecular formula is C24H30N8OS. The Hall–Kier alpha value is -3.01. The summed E-state index contributed by atoms with van der Waals surface area (Å²) in [5, 5.41) is 16.7. The second kappa shape index (κ2) is 8.98. The van der Waals surface area contributed by atoms with E-state index in [0.29, 0.717) is 22.9 Å². The van der Waals surface area contributed by atoms with Gasteiger partial charge in [-0.15, -0.1) is 11.3 Å². The number of carbonyl (C=O) groups excluding carboxylic acids is 1. The fraction of sp³-hybridized carbons (Fsp3) is 0.542. The molecule has 0 spiro atoms. The van der Waals surface area contributed by atoms with Crippen LogP contribution in [-0.2, 0) is 11.2 Å². The van der Waals surface area contributed by atoms with E-state index in [1.807, 2.05) is 10.3 Å². The first kappa shape index (κ1) is 21.5. The lowest BCUT2D eigenvalue weighted by Crippen LogP contribution is -2.40. The number of aromatic nitrogens is 5. The molecule has 2 aliphatic carbocycles. The highest BCUT2D eigenvalue weighted by molar-refractivity contribution is 7.13. The van der Waals surface area contributed by atoms with Crippen molar-refractivity contribution in [1.29, 1.82) is 0 Å². The van der Waals surface area contributed by atoms with Gasteiger partial charge in [-0.1, -0.05) is 19.8 Å². The molecule has 10 heteroatoms. The van der Waals surface area contributed by atoms with Crippen molar-refractivity contribution in [1.82, 2.24) is 25.1 Å². The maximum atomic E-state index is 13.0. The van der Waals surface area contributed by atoms with Crippen molar-refractivity contribution in [3.63, 3.8) is 0 Å². The van der Waals surface area contributed by atoms with Gasteiger partial charge in [0, 0.05) is 41.4 Å². The first-order chi connectivity index (χ1) is 16.7. The van der Waals surface area contributed by atoms with E-state index >= 15 is 0 Å². The highest BCUT2D eigenvalue weighted by Crippen LogP contribution is 2.40. The SMILES string of the molecule is C[C@H]1CCc2nc(N3CCC[C@H]3C(=O)Nc3nccs3)nc(Nc3cc(C4CCCC4)[nH]n3)c21. The Kier molecular flexibility index (Phi) is 5.68. The lowest BCUT2D eigenvalue weighted by Gasteiger charge is -2.25. The van der Waals surface area contributed by atoms with Gasteiger partial charge in [-0.2, -0.15) is 10.1 Å². The van der Waals surface area contributed by atoms with E-state index in [2.05, 4.69) is 38.8 Å². The third-order valence-corrected chi connectivity index (χ3v) is 8.12. The fourth-order valence-corrected chi connectivity index (χ4v) is 6.18. The number of hydrogen-bond donors (Lipinski definition) is 3. The van der Waals surface area contributed by atoms with E-state index in [4.69, 9.17) is 9.97 Å². The van der Waals surface area contributed by atoms with Crippen LogP contribution in [0.15, 0.2) is 17.6 Å². The first-order valence-corrected chi connectivity index (χ1v) is 13.2. The number of carbonyl (C=O) groups is 1. The predicted octanol–water partition coefficient (Wildman–Crippen LogP) is 4.71. The Morgan fingerprint density at radius 2 is 2.06 bits per heavy atom. The number of nitrogens with one attached hydrogen (secondary N) is 3. The zero-order valence-corrected chi connectivity index (χ0v) is 20.2. The van der Waals surface area contributed by atoms with Gasteiger partial charge in [0.2, 0.25) is 11.9 Å². The number of aryl methyl sites for hydroxylation is 1. The summed E-state index contributed by atoms with van der Waals surface area (Å²) in [5.41, 5.74) is 3.46. The molecule has 2 fully saturated rings. The Bertz CT molecular complexity index is 1170. The third-order valence-electron chi connectivity index (χ3n) is 7.43. The Balaban J connectivity index is 1.28. The molecule has 1 saturated carbocycles. The summed E-state index contributed by atoms with van der Waals surface area (Å²) >= 11 is 1.43. The maximum Gasteiger partial charge on any atom is 0.248 e. The molecule has 34 heavy (non-hydrogen) atoms. The van der Waals surface area contributed by atoms with Crippen LogP contribution in [0.3, 0.4) is 0 Å². The monoisotopic (exact) mass is 478 g/mol. The molecule has 9 nitrogen and oxygen atoms in total. The van der Waals surface area contributed by atoms with Gasteiger partial charge in [0.05, 0.1) is 5.69 Å². The largest absolute Gasteiger partial charge is 0.329 e. The minimum atomic E-state index is -0.298. The van der Waals surface area contributed by atoms with Crippen LogP contribution in [-0.4, -0.2) is 43.6 Å². The quantitative estimate of drug-likeness (QED) is 0.470. The Labute approximate surface area is 202 Å². The van der Waals surface area contributed by atoms with Gasteiger partial charge in [0.25, 0.3) is 0 Å². The van der Waals surface area contributed by atoms with E-state index < -0.39 is 0 Å². The molecule has 0 unspecified atom stereocenters. The summed E-state index contributed by atoms with van der Waals surface area (Å²) in [6.45, 7) is 2.99. The van der Waals surface area contributed by atoms with E-state index in [-0.39, 0.29) is 11.9 Å². The van der Waals surface area contributed by atoms with Crippen LogP contribution >= 0.6 is 11.3 Å². The second-order valence-corrected chi connectivity index (χ2v) is 10.6. The molecule has 1 aliphatic heterocycles. The highest BCUT2D eigenvalue weighted by atomic mass is 32.1. The number of rotatable bonds is 6. The van der Waals surface area contributed by atoms with E-state index in [1.165, 1.54) is 48.3 Å². The molecule has 0 radical (unpaired) electrons. The van der Waals surface area contributed by atoms with Gasteiger partial charge in [-0.05, 0) is 44.4 Å². The molecule has 0 aromatic carbocycles. The normalized spacial score (nSPS) is 22.3. The molecule has 3 aromatic rings. The number of anilines is 4. The van der Waals surface area contributed by atoms with Crippen LogP contribution in [0.1, 0.15) is 80.7 Å². The molecule has 1 saturated heterocycles. The minimum absolute atomic E-state index is 0.0482. The van der Waals surface area contributed by atoms with Gasteiger partial charge < -0.3 is 15.5 Å². The van der Waals surface area contributed by atoms with Gasteiger partial charge >= 0.3 is 0 Å². The van der Waals surface area contributed by atoms with Crippen LogP contribution in [0.2, 0.25) is 0 Å². The van der Waals surface area contributed by atoms with Crippen molar-refractivity contribution in [2.24, 2.45) is 0 Å². The van der Waals surface area contributed by atoms with Crippen molar-refractivity contribution >= 4 is 40.0 Å². The zero-order chi connectivity index (χ0) is 23.1. The number of aromatic amines is 1. The topological polar surface area (TPSA) is 112 Å². The Morgan fingerprint density at radius 1 is 1.18 bits per heavy atom. The van der Waals surface area contributed by atoms with E-state index in [9.17, 15) is 4.79 Å². The van der Waals surface area contributed by atoms with Crippen LogP contribution in [0.25, 0.3) is 0 Å². The van der Waals surface area contributed by atoms with E-state index in [1.54, 1.807) is 6.20 Å². The fourth-order valence-electron chi connectivity index (χ4n) is 5.65. The summed E-state index contributed by atoms with van der Waals surface area (Å²) in [7, 11) is 0. The van der Waals surface area contributed by atoms with Crippen molar-refractivity contribution < 1.29 is 4.79 Å². The van der Waals surface area contributed by atoms with Crippen LogP contribution in [0.4, 0.5) is 22.7 Å². The first-order valence-electron chi connectivity index (χ1n) is 12.4. The van der Waals surface area contributed by atoms with Crippen molar-refractivity contribution in [3.8, 4) is 0 Å². The Morgan fingerprint density at radius 3 is 2.88 bits per heavy atom. The lowest BCUT2D eigenvalue weighted by molar-refractivity contribution is -0.117. The molecule has 3 N–H and O–H groups in total. The average molecular weight is 479 g/mol. The average Bonchev–Trinajstić information content (AvgIpc) is 3.65. The molecule has 1 amide bonds. The molecule has 3 aliphatic rings. The van der Waals surface area contributed by atoms with Gasteiger partial charge in [0.1, 0.15) is 11.9 Å². The summed E-state index contributed by atoms with van der Waals surface area (Å²) in [6, 6.07) is 1.83. The highest BCUT2D eigenvalue weighted by Gasteiger charge is 2.35. The molecular weight excluding hydrogens is 448 g/mol. The number of amides is 1. The molecule has 178 valence electrons. The molecule has 3 aromatic heterocycles. The van der Waals surface area contributed by atoms with Crippen molar-refractivity contribution in [2.75, 3.05) is 22.1 Å². The zero-order valence-electron chi connectivity index (χ0n) is 19.4. The minimum Gasteiger partial charge on any atom is -0.329 e. The van der Waals surface area contributed by atoms with E-state index in [0.717, 1.165) is 49.6 Å². The second-order valence-electron chi connectivity index (χ2n) is 9.67.